The van der Waals surface area contributed by atoms with E-state index in [1.54, 1.807) is 27.3 Å². The Kier molecular flexibility index (Phi) is 8.82. The van der Waals surface area contributed by atoms with Gasteiger partial charge >= 0.3 is 0 Å². The van der Waals surface area contributed by atoms with E-state index in [2.05, 4.69) is 20.9 Å². The van der Waals surface area contributed by atoms with Gasteiger partial charge in [0.2, 0.25) is 0 Å². The number of benzene rings is 2. The summed E-state index contributed by atoms with van der Waals surface area (Å²) in [4.78, 5) is 16.0. The largest absolute Gasteiger partial charge is 0.493 e. The molecule has 2 aromatic rings. The molecular weight excluding hydrogens is 368 g/mol. The van der Waals surface area contributed by atoms with Crippen molar-refractivity contribution in [1.29, 1.82) is 0 Å². The highest BCUT2D eigenvalue weighted by molar-refractivity contribution is 5.94. The first-order chi connectivity index (χ1) is 14.1. The van der Waals surface area contributed by atoms with Crippen molar-refractivity contribution in [2.24, 2.45) is 4.99 Å². The number of guanidine groups is 1. The number of methoxy groups -OCH3 is 1. The molecule has 0 aliphatic heterocycles. The summed E-state index contributed by atoms with van der Waals surface area (Å²) >= 11 is 0. The first-order valence-corrected chi connectivity index (χ1v) is 9.62. The summed E-state index contributed by atoms with van der Waals surface area (Å²) in [5, 5.41) is 9.18. The fourth-order valence-corrected chi connectivity index (χ4v) is 2.77. The van der Waals surface area contributed by atoms with E-state index in [0.717, 1.165) is 12.0 Å². The van der Waals surface area contributed by atoms with Crippen LogP contribution in [0.5, 0.6) is 11.5 Å². The third-order valence-electron chi connectivity index (χ3n) is 4.30. The molecule has 3 N–H and O–H groups in total. The van der Waals surface area contributed by atoms with Crippen molar-refractivity contribution >= 4 is 11.9 Å². The molecule has 156 valence electrons. The van der Waals surface area contributed by atoms with E-state index in [4.69, 9.17) is 9.47 Å². The lowest BCUT2D eigenvalue weighted by Crippen LogP contribution is -2.42. The Morgan fingerprint density at radius 3 is 2.55 bits per heavy atom. The quantitative estimate of drug-likeness (QED) is 0.446. The van der Waals surface area contributed by atoms with Gasteiger partial charge in [-0.05, 0) is 43.2 Å². The summed E-state index contributed by atoms with van der Waals surface area (Å²) in [6, 6.07) is 15.2. The van der Waals surface area contributed by atoms with Crippen LogP contribution in [0, 0.1) is 0 Å². The van der Waals surface area contributed by atoms with Crippen LogP contribution in [0.2, 0.25) is 0 Å². The maximum absolute atomic E-state index is 11.7. The Hall–Kier alpha value is -3.22. The number of aliphatic imine (C=N–C) groups is 1. The van der Waals surface area contributed by atoms with E-state index in [1.165, 1.54) is 0 Å². The number of carbonyl (C=O) groups excluding carboxylic acids is 1. The van der Waals surface area contributed by atoms with Crippen molar-refractivity contribution < 1.29 is 14.3 Å². The minimum absolute atomic E-state index is 0.0749. The maximum Gasteiger partial charge on any atom is 0.251 e. The van der Waals surface area contributed by atoms with Gasteiger partial charge < -0.3 is 25.4 Å². The van der Waals surface area contributed by atoms with Gasteiger partial charge in [0.1, 0.15) is 6.10 Å². The van der Waals surface area contributed by atoms with Crippen LogP contribution in [0.3, 0.4) is 0 Å². The van der Waals surface area contributed by atoms with Gasteiger partial charge in [-0.25, -0.2) is 0 Å². The first-order valence-electron chi connectivity index (χ1n) is 9.62. The second-order valence-corrected chi connectivity index (χ2v) is 6.49. The van der Waals surface area contributed by atoms with Gasteiger partial charge in [0.15, 0.2) is 17.5 Å². The summed E-state index contributed by atoms with van der Waals surface area (Å²) in [5.74, 6) is 2.04. The highest BCUT2D eigenvalue weighted by atomic mass is 16.5. The van der Waals surface area contributed by atoms with E-state index >= 15 is 0 Å². The van der Waals surface area contributed by atoms with Gasteiger partial charge in [-0.3, -0.25) is 9.79 Å². The predicted molar refractivity (Wildman–Crippen MR) is 116 cm³/mol. The molecule has 0 heterocycles. The van der Waals surface area contributed by atoms with E-state index in [1.807, 2.05) is 49.4 Å². The molecule has 0 spiro atoms. The average molecular weight is 399 g/mol. The van der Waals surface area contributed by atoms with Crippen molar-refractivity contribution in [3.63, 3.8) is 0 Å². The second kappa shape index (κ2) is 11.6. The van der Waals surface area contributed by atoms with E-state index in [0.29, 0.717) is 36.1 Å². The molecule has 2 aromatic carbocycles. The van der Waals surface area contributed by atoms with Crippen LogP contribution in [0.15, 0.2) is 53.5 Å². The first kappa shape index (κ1) is 22.1. The van der Waals surface area contributed by atoms with Crippen LogP contribution in [0.4, 0.5) is 0 Å². The number of amides is 1. The zero-order valence-corrected chi connectivity index (χ0v) is 17.5. The molecule has 7 heteroatoms. The topological polar surface area (TPSA) is 84.0 Å². The summed E-state index contributed by atoms with van der Waals surface area (Å²) in [6.07, 6.45) is 0.702. The van der Waals surface area contributed by atoms with Crippen molar-refractivity contribution in [1.82, 2.24) is 16.0 Å². The molecule has 0 saturated heterocycles. The molecule has 1 unspecified atom stereocenters. The zero-order chi connectivity index (χ0) is 21.1. The van der Waals surface area contributed by atoms with Crippen LogP contribution in [0.1, 0.15) is 22.8 Å². The number of hydrogen-bond donors (Lipinski definition) is 3. The normalized spacial score (nSPS) is 12.1. The fraction of sp³-hybridized carbons (Fsp3) is 0.364. The molecule has 0 aromatic heterocycles. The average Bonchev–Trinajstić information content (AvgIpc) is 2.76. The van der Waals surface area contributed by atoms with Crippen LogP contribution < -0.4 is 25.4 Å². The van der Waals surface area contributed by atoms with Gasteiger partial charge in [0.05, 0.1) is 13.7 Å². The predicted octanol–water partition coefficient (Wildman–Crippen LogP) is 2.23. The standard InChI is InChI=1S/C22H30N4O3/c1-16(29-20-11-6-5-10-19(20)28-4)15-26-22(24-3)25-13-12-17-8-7-9-18(14-17)21(27)23-2/h5-11,14,16H,12-13,15H2,1-4H3,(H,23,27)(H2,24,25,26). The summed E-state index contributed by atoms with van der Waals surface area (Å²) in [5.41, 5.74) is 1.75. The minimum Gasteiger partial charge on any atom is -0.493 e. The molecule has 1 amide bonds. The Bertz CT molecular complexity index is 823. The summed E-state index contributed by atoms with van der Waals surface area (Å²) in [6.45, 7) is 3.26. The lowest BCUT2D eigenvalue weighted by Gasteiger charge is -2.19. The van der Waals surface area contributed by atoms with E-state index in [-0.39, 0.29) is 12.0 Å². The lowest BCUT2D eigenvalue weighted by atomic mass is 10.1. The number of carbonyl (C=O) groups is 1. The summed E-state index contributed by atoms with van der Waals surface area (Å²) in [7, 11) is 4.99. The van der Waals surface area contributed by atoms with Gasteiger partial charge in [0, 0.05) is 26.2 Å². The Labute approximate surface area is 172 Å². The van der Waals surface area contributed by atoms with Crippen molar-refractivity contribution in [2.45, 2.75) is 19.4 Å². The van der Waals surface area contributed by atoms with Gasteiger partial charge in [-0.1, -0.05) is 24.3 Å². The van der Waals surface area contributed by atoms with Crippen molar-refractivity contribution in [3.8, 4) is 11.5 Å². The van der Waals surface area contributed by atoms with Crippen LogP contribution in [0.25, 0.3) is 0 Å². The zero-order valence-electron chi connectivity index (χ0n) is 17.5. The number of para-hydroxylation sites is 2. The molecule has 1 atom stereocenters. The number of nitrogens with one attached hydrogen (secondary N) is 3. The Morgan fingerprint density at radius 2 is 1.86 bits per heavy atom. The molecule has 0 fully saturated rings. The molecule has 7 nitrogen and oxygen atoms in total. The maximum atomic E-state index is 11.7. The Balaban J connectivity index is 1.78. The SMILES string of the molecule is CN=C(NCCc1cccc(C(=O)NC)c1)NCC(C)Oc1ccccc1OC. The molecule has 0 aliphatic carbocycles. The minimum atomic E-state index is -0.0821. The molecule has 0 radical (unpaired) electrons. The third kappa shape index (κ3) is 7.03. The van der Waals surface area contributed by atoms with Crippen molar-refractivity contribution in [3.05, 3.63) is 59.7 Å². The smallest absolute Gasteiger partial charge is 0.251 e. The molecular formula is C22H30N4O3. The molecule has 0 aliphatic rings. The van der Waals surface area contributed by atoms with E-state index in [9.17, 15) is 4.79 Å². The lowest BCUT2D eigenvalue weighted by molar-refractivity contribution is 0.0963. The number of nitrogens with zero attached hydrogens (tertiary/aromatic N) is 1. The number of hydrogen-bond acceptors (Lipinski definition) is 4. The summed E-state index contributed by atoms with van der Waals surface area (Å²) < 4.78 is 11.3. The van der Waals surface area contributed by atoms with Gasteiger partial charge in [-0.15, -0.1) is 0 Å². The van der Waals surface area contributed by atoms with Crippen molar-refractivity contribution in [2.75, 3.05) is 34.3 Å². The number of rotatable bonds is 9. The van der Waals surface area contributed by atoms with Crippen LogP contribution in [-0.2, 0) is 6.42 Å². The fourth-order valence-electron chi connectivity index (χ4n) is 2.77. The van der Waals surface area contributed by atoms with Gasteiger partial charge in [-0.2, -0.15) is 0 Å². The van der Waals surface area contributed by atoms with E-state index < -0.39 is 0 Å². The molecule has 0 saturated carbocycles. The second-order valence-electron chi connectivity index (χ2n) is 6.49. The monoisotopic (exact) mass is 398 g/mol. The Morgan fingerprint density at radius 1 is 1.10 bits per heavy atom. The van der Waals surface area contributed by atoms with Crippen LogP contribution >= 0.6 is 0 Å². The third-order valence-corrected chi connectivity index (χ3v) is 4.30. The molecule has 0 bridgehead atoms. The molecule has 29 heavy (non-hydrogen) atoms. The number of ether oxygens (including phenoxy) is 2. The highest BCUT2D eigenvalue weighted by Crippen LogP contribution is 2.26. The van der Waals surface area contributed by atoms with Gasteiger partial charge in [0.25, 0.3) is 5.91 Å². The van der Waals surface area contributed by atoms with Crippen LogP contribution in [-0.4, -0.2) is 52.3 Å². The molecule has 2 rings (SSSR count). The highest BCUT2D eigenvalue weighted by Gasteiger charge is 2.09.